The molecule has 0 aliphatic carbocycles. The first-order valence-corrected chi connectivity index (χ1v) is 9.02. The van der Waals surface area contributed by atoms with Gasteiger partial charge in [0.05, 0.1) is 10.6 Å². The van der Waals surface area contributed by atoms with Crippen LogP contribution < -0.4 is 20.1 Å². The summed E-state index contributed by atoms with van der Waals surface area (Å²) in [5, 5.41) is 14.4. The van der Waals surface area contributed by atoms with E-state index >= 15 is 0 Å². The Labute approximate surface area is 166 Å². The number of halogens is 1. The third kappa shape index (κ3) is 4.82. The molecule has 0 radical (unpaired) electrons. The molecule has 146 valence electrons. The van der Waals surface area contributed by atoms with E-state index < -0.39 is 11.8 Å². The van der Waals surface area contributed by atoms with Gasteiger partial charge in [0, 0.05) is 13.2 Å². The Balaban J connectivity index is 1.85. The van der Waals surface area contributed by atoms with Gasteiger partial charge in [0.15, 0.2) is 11.5 Å². The minimum absolute atomic E-state index is 0.0433. The van der Waals surface area contributed by atoms with E-state index in [1.807, 2.05) is 0 Å². The first-order valence-electron chi connectivity index (χ1n) is 8.65. The highest BCUT2D eigenvalue weighted by Crippen LogP contribution is 2.33. The van der Waals surface area contributed by atoms with Crippen molar-refractivity contribution in [3.8, 4) is 11.5 Å². The number of hydrogen-bond acceptors (Lipinski definition) is 5. The highest BCUT2D eigenvalue weighted by molar-refractivity contribution is 6.34. The van der Waals surface area contributed by atoms with Crippen molar-refractivity contribution in [2.45, 2.75) is 6.42 Å². The van der Waals surface area contributed by atoms with Crippen LogP contribution in [0.4, 0.5) is 0 Å². The van der Waals surface area contributed by atoms with Gasteiger partial charge in [-0.2, -0.15) is 0 Å². The van der Waals surface area contributed by atoms with Crippen LogP contribution in [0.15, 0.2) is 48.2 Å². The van der Waals surface area contributed by atoms with Gasteiger partial charge in [-0.25, -0.2) is 0 Å². The Morgan fingerprint density at radius 3 is 2.71 bits per heavy atom. The van der Waals surface area contributed by atoms with Gasteiger partial charge in [-0.05, 0) is 42.3 Å². The van der Waals surface area contributed by atoms with E-state index in [1.54, 1.807) is 42.5 Å². The van der Waals surface area contributed by atoms with E-state index in [4.69, 9.17) is 26.2 Å². The highest BCUT2D eigenvalue weighted by Gasteiger charge is 2.18. The van der Waals surface area contributed by atoms with Crippen LogP contribution in [0.25, 0.3) is 6.08 Å². The van der Waals surface area contributed by atoms with Crippen molar-refractivity contribution in [2.75, 3.05) is 19.9 Å². The molecule has 1 heterocycles. The summed E-state index contributed by atoms with van der Waals surface area (Å²) in [6.07, 6.45) is 1.94. The van der Waals surface area contributed by atoms with E-state index in [9.17, 15) is 9.59 Å². The van der Waals surface area contributed by atoms with Crippen molar-refractivity contribution in [2.24, 2.45) is 0 Å². The number of rotatable bonds is 7. The standard InChI is InChI=1S/C20H19ClN2O5/c21-15-5-2-1-4-14(15)19(25)23-16(20(26)22-8-3-9-24)10-13-6-7-17-18(11-13)28-12-27-17/h1-2,4-7,10-11,24H,3,8-9,12H2,(H,22,26)(H,23,25). The van der Waals surface area contributed by atoms with Crippen molar-refractivity contribution in [3.63, 3.8) is 0 Å². The number of fused-ring (bicyclic) bond motifs is 1. The third-order valence-electron chi connectivity index (χ3n) is 3.94. The summed E-state index contributed by atoms with van der Waals surface area (Å²) in [6.45, 7) is 0.365. The lowest BCUT2D eigenvalue weighted by molar-refractivity contribution is -0.117. The molecule has 0 fully saturated rings. The van der Waals surface area contributed by atoms with E-state index in [-0.39, 0.29) is 36.2 Å². The van der Waals surface area contributed by atoms with E-state index in [0.29, 0.717) is 23.5 Å². The van der Waals surface area contributed by atoms with Crippen molar-refractivity contribution in [3.05, 3.63) is 64.3 Å². The fourth-order valence-corrected chi connectivity index (χ4v) is 2.76. The average Bonchev–Trinajstić information content (AvgIpc) is 3.15. The number of nitrogens with one attached hydrogen (secondary N) is 2. The molecular formula is C20H19ClN2O5. The summed E-state index contributed by atoms with van der Waals surface area (Å²) in [5.41, 5.74) is 0.946. The van der Waals surface area contributed by atoms with Gasteiger partial charge in [-0.3, -0.25) is 9.59 Å². The zero-order chi connectivity index (χ0) is 19.9. The zero-order valence-electron chi connectivity index (χ0n) is 14.9. The third-order valence-corrected chi connectivity index (χ3v) is 4.27. The van der Waals surface area contributed by atoms with Crippen LogP contribution >= 0.6 is 11.6 Å². The van der Waals surface area contributed by atoms with Crippen LogP contribution in [-0.2, 0) is 4.79 Å². The predicted octanol–water partition coefficient (Wildman–Crippen LogP) is 2.34. The van der Waals surface area contributed by atoms with E-state index in [1.165, 1.54) is 6.08 Å². The van der Waals surface area contributed by atoms with Gasteiger partial charge in [-0.1, -0.05) is 29.8 Å². The van der Waals surface area contributed by atoms with Gasteiger partial charge in [-0.15, -0.1) is 0 Å². The summed E-state index contributed by atoms with van der Waals surface area (Å²) in [7, 11) is 0. The second-order valence-electron chi connectivity index (χ2n) is 5.94. The topological polar surface area (TPSA) is 96.9 Å². The number of carbonyl (C=O) groups excluding carboxylic acids is 2. The summed E-state index contributed by atoms with van der Waals surface area (Å²) in [6, 6.07) is 11.7. The molecule has 0 saturated carbocycles. The fraction of sp³-hybridized carbons (Fsp3) is 0.200. The highest BCUT2D eigenvalue weighted by atomic mass is 35.5. The van der Waals surface area contributed by atoms with Gasteiger partial charge in [0.25, 0.3) is 11.8 Å². The van der Waals surface area contributed by atoms with Crippen molar-refractivity contribution in [1.82, 2.24) is 10.6 Å². The van der Waals surface area contributed by atoms with Crippen LogP contribution in [0.1, 0.15) is 22.3 Å². The maximum absolute atomic E-state index is 12.6. The minimum Gasteiger partial charge on any atom is -0.454 e. The molecule has 8 heteroatoms. The van der Waals surface area contributed by atoms with E-state index in [0.717, 1.165) is 0 Å². The molecule has 28 heavy (non-hydrogen) atoms. The number of carbonyl (C=O) groups is 2. The normalized spacial score (nSPS) is 12.6. The number of benzene rings is 2. The number of aliphatic hydroxyl groups excluding tert-OH is 1. The van der Waals surface area contributed by atoms with Crippen LogP contribution in [0, 0.1) is 0 Å². The molecule has 0 unspecified atom stereocenters. The van der Waals surface area contributed by atoms with Crippen LogP contribution in [0.5, 0.6) is 11.5 Å². The van der Waals surface area contributed by atoms with Gasteiger partial charge in [0.2, 0.25) is 6.79 Å². The molecule has 3 N–H and O–H groups in total. The van der Waals surface area contributed by atoms with E-state index in [2.05, 4.69) is 10.6 Å². The van der Waals surface area contributed by atoms with Gasteiger partial charge < -0.3 is 25.2 Å². The maximum Gasteiger partial charge on any atom is 0.267 e. The molecule has 3 rings (SSSR count). The van der Waals surface area contributed by atoms with Crippen LogP contribution in [0.3, 0.4) is 0 Å². The molecule has 0 aromatic heterocycles. The summed E-state index contributed by atoms with van der Waals surface area (Å²) < 4.78 is 10.6. The van der Waals surface area contributed by atoms with Gasteiger partial charge in [0.1, 0.15) is 5.70 Å². The molecule has 7 nitrogen and oxygen atoms in total. The SMILES string of the molecule is O=C(NCCCO)C(=Cc1ccc2c(c1)OCO2)NC(=O)c1ccccc1Cl. The molecule has 0 saturated heterocycles. The zero-order valence-corrected chi connectivity index (χ0v) is 15.7. The first kappa shape index (κ1) is 19.7. The summed E-state index contributed by atoms with van der Waals surface area (Å²) >= 11 is 6.07. The lowest BCUT2D eigenvalue weighted by Gasteiger charge is -2.12. The molecule has 2 aromatic rings. The van der Waals surface area contributed by atoms with Crippen LogP contribution in [0.2, 0.25) is 5.02 Å². The maximum atomic E-state index is 12.6. The largest absolute Gasteiger partial charge is 0.454 e. The number of amides is 2. The van der Waals surface area contributed by atoms with Crippen molar-refractivity contribution in [1.29, 1.82) is 0 Å². The quantitative estimate of drug-likeness (QED) is 0.488. The summed E-state index contributed by atoms with van der Waals surface area (Å²) in [4.78, 5) is 25.1. The number of hydrogen-bond donors (Lipinski definition) is 3. The first-order chi connectivity index (χ1) is 13.6. The fourth-order valence-electron chi connectivity index (χ4n) is 2.54. The smallest absolute Gasteiger partial charge is 0.267 e. The Bertz CT molecular complexity index is 913. The number of aliphatic hydroxyl groups is 1. The van der Waals surface area contributed by atoms with Crippen molar-refractivity contribution >= 4 is 29.5 Å². The second kappa shape index (κ2) is 9.25. The second-order valence-corrected chi connectivity index (χ2v) is 6.34. The Hall–Kier alpha value is -3.03. The molecular weight excluding hydrogens is 384 g/mol. The molecule has 0 bridgehead atoms. The molecule has 0 spiro atoms. The van der Waals surface area contributed by atoms with Crippen LogP contribution in [-0.4, -0.2) is 36.9 Å². The molecule has 1 aliphatic heterocycles. The molecule has 2 amide bonds. The molecule has 0 atom stereocenters. The van der Waals surface area contributed by atoms with Gasteiger partial charge >= 0.3 is 0 Å². The lowest BCUT2D eigenvalue weighted by Crippen LogP contribution is -2.35. The van der Waals surface area contributed by atoms with Crippen molar-refractivity contribution < 1.29 is 24.2 Å². The monoisotopic (exact) mass is 402 g/mol. The Morgan fingerprint density at radius 2 is 1.93 bits per heavy atom. The molecule has 2 aromatic carbocycles. The molecule has 1 aliphatic rings. The number of ether oxygens (including phenoxy) is 2. The minimum atomic E-state index is -0.505. The lowest BCUT2D eigenvalue weighted by atomic mass is 10.1. The Morgan fingerprint density at radius 1 is 1.14 bits per heavy atom. The predicted molar refractivity (Wildman–Crippen MR) is 104 cm³/mol. The average molecular weight is 403 g/mol. The summed E-state index contributed by atoms with van der Waals surface area (Å²) in [5.74, 6) is 0.193. The Kier molecular flexibility index (Phi) is 6.52.